The summed E-state index contributed by atoms with van der Waals surface area (Å²) in [7, 11) is 0. The molecule has 3 rings (SSSR count). The van der Waals surface area contributed by atoms with E-state index in [0.29, 0.717) is 28.6 Å². The second-order valence-electron chi connectivity index (χ2n) is 4.96. The molecule has 2 heterocycles. The van der Waals surface area contributed by atoms with Gasteiger partial charge in [-0.2, -0.15) is 15.1 Å². The lowest BCUT2D eigenvalue weighted by molar-refractivity contribution is 0.468. The number of H-pyrrole nitrogens is 1. The number of nitrogens with two attached hydrogens (primary N) is 1. The highest BCUT2D eigenvalue weighted by atomic mass is 16.5. The van der Waals surface area contributed by atoms with Gasteiger partial charge >= 0.3 is 0 Å². The fraction of sp³-hybridized carbons (Fsp3) is 0.214. The summed E-state index contributed by atoms with van der Waals surface area (Å²) in [5.41, 5.74) is 4.17. The Labute approximate surface area is 121 Å². The van der Waals surface area contributed by atoms with Gasteiger partial charge in [0.15, 0.2) is 5.65 Å². The molecule has 0 aliphatic carbocycles. The lowest BCUT2D eigenvalue weighted by atomic mass is 10.0. The first-order valence-corrected chi connectivity index (χ1v) is 6.63. The van der Waals surface area contributed by atoms with E-state index in [1.165, 1.54) is 5.56 Å². The summed E-state index contributed by atoms with van der Waals surface area (Å²) >= 11 is 0. The zero-order chi connectivity index (χ0) is 14.8. The molecule has 0 fully saturated rings. The van der Waals surface area contributed by atoms with E-state index in [0.717, 1.165) is 0 Å². The predicted molar refractivity (Wildman–Crippen MR) is 80.1 cm³/mol. The Morgan fingerprint density at radius 3 is 2.90 bits per heavy atom. The summed E-state index contributed by atoms with van der Waals surface area (Å²) in [4.78, 5) is 8.39. The van der Waals surface area contributed by atoms with Crippen molar-refractivity contribution in [3.8, 4) is 11.6 Å². The number of ether oxygens (including phenoxy) is 1. The lowest BCUT2D eigenvalue weighted by Gasteiger charge is -2.10. The Balaban J connectivity index is 2.01. The Morgan fingerprint density at radius 1 is 1.29 bits per heavy atom. The molecule has 0 spiro atoms. The maximum Gasteiger partial charge on any atom is 0.242 e. The summed E-state index contributed by atoms with van der Waals surface area (Å²) in [5.74, 6) is 7.18. The number of anilines is 1. The Morgan fingerprint density at radius 2 is 2.14 bits per heavy atom. The molecule has 7 heteroatoms. The summed E-state index contributed by atoms with van der Waals surface area (Å²) in [6.07, 6.45) is 1.62. The van der Waals surface area contributed by atoms with Gasteiger partial charge in [-0.3, -0.25) is 10.5 Å². The monoisotopic (exact) mass is 284 g/mol. The molecule has 0 aliphatic heterocycles. The molecule has 4 N–H and O–H groups in total. The van der Waals surface area contributed by atoms with Crippen LogP contribution >= 0.6 is 0 Å². The average Bonchev–Trinajstić information content (AvgIpc) is 2.96. The number of nitrogens with zero attached hydrogens (tertiary/aromatic N) is 3. The number of fused-ring (bicyclic) bond motifs is 1. The summed E-state index contributed by atoms with van der Waals surface area (Å²) in [6.45, 7) is 4.27. The van der Waals surface area contributed by atoms with Gasteiger partial charge in [0.2, 0.25) is 11.8 Å². The minimum atomic E-state index is 0.266. The van der Waals surface area contributed by atoms with Crippen LogP contribution in [-0.4, -0.2) is 20.2 Å². The zero-order valence-corrected chi connectivity index (χ0v) is 11.8. The molecule has 0 aliphatic rings. The van der Waals surface area contributed by atoms with E-state index in [1.54, 1.807) is 6.20 Å². The highest BCUT2D eigenvalue weighted by Gasteiger charge is 2.11. The molecule has 0 amide bonds. The van der Waals surface area contributed by atoms with E-state index >= 15 is 0 Å². The van der Waals surface area contributed by atoms with Crippen molar-refractivity contribution in [1.29, 1.82) is 0 Å². The standard InChI is InChI=1S/C14H16N6O/c1-8(2)9-4-3-5-10(6-9)21-13-11-7-16-20-12(11)17-14(18-13)19-15/h3-8H,15H2,1-2H3,(H2,16,17,18,19,20). The van der Waals surface area contributed by atoms with Crippen molar-refractivity contribution in [2.75, 3.05) is 5.43 Å². The second kappa shape index (κ2) is 5.37. The molecule has 2 aromatic heterocycles. The zero-order valence-electron chi connectivity index (χ0n) is 11.8. The van der Waals surface area contributed by atoms with E-state index in [1.807, 2.05) is 18.2 Å². The number of hydrazine groups is 1. The van der Waals surface area contributed by atoms with Gasteiger partial charge in [0.05, 0.1) is 6.20 Å². The number of hydrogen-bond acceptors (Lipinski definition) is 6. The lowest BCUT2D eigenvalue weighted by Crippen LogP contribution is -2.10. The molecule has 0 atom stereocenters. The fourth-order valence-electron chi connectivity index (χ4n) is 2.00. The van der Waals surface area contributed by atoms with Gasteiger partial charge in [-0.15, -0.1) is 0 Å². The van der Waals surface area contributed by atoms with Crippen molar-refractivity contribution in [3.63, 3.8) is 0 Å². The minimum absolute atomic E-state index is 0.266. The van der Waals surface area contributed by atoms with Crippen LogP contribution in [0.2, 0.25) is 0 Å². The predicted octanol–water partition coefficient (Wildman–Crippen LogP) is 2.55. The van der Waals surface area contributed by atoms with Crippen LogP contribution in [0.25, 0.3) is 11.0 Å². The van der Waals surface area contributed by atoms with Crippen molar-refractivity contribution < 1.29 is 4.74 Å². The normalized spacial score (nSPS) is 11.0. The SMILES string of the molecule is CC(C)c1cccc(Oc2nc(NN)nc3[nH]ncc23)c1. The van der Waals surface area contributed by atoms with Crippen molar-refractivity contribution in [2.24, 2.45) is 5.84 Å². The van der Waals surface area contributed by atoms with E-state index < -0.39 is 0 Å². The average molecular weight is 284 g/mol. The van der Waals surface area contributed by atoms with Crippen LogP contribution < -0.4 is 16.0 Å². The van der Waals surface area contributed by atoms with E-state index in [2.05, 4.69) is 45.5 Å². The van der Waals surface area contributed by atoms with E-state index in [4.69, 9.17) is 10.6 Å². The van der Waals surface area contributed by atoms with Crippen LogP contribution in [-0.2, 0) is 0 Å². The highest BCUT2D eigenvalue weighted by Crippen LogP contribution is 2.29. The second-order valence-corrected chi connectivity index (χ2v) is 4.96. The smallest absolute Gasteiger partial charge is 0.242 e. The summed E-state index contributed by atoms with van der Waals surface area (Å²) in [6, 6.07) is 7.90. The quantitative estimate of drug-likeness (QED) is 0.502. The molecule has 0 bridgehead atoms. The molecule has 3 aromatic rings. The Bertz CT molecular complexity index is 767. The van der Waals surface area contributed by atoms with Crippen LogP contribution in [0.4, 0.5) is 5.95 Å². The third-order valence-corrected chi connectivity index (χ3v) is 3.14. The number of aromatic nitrogens is 4. The van der Waals surface area contributed by atoms with Crippen molar-refractivity contribution in [1.82, 2.24) is 20.2 Å². The van der Waals surface area contributed by atoms with Crippen molar-refractivity contribution in [3.05, 3.63) is 36.0 Å². The maximum atomic E-state index is 5.88. The van der Waals surface area contributed by atoms with Gasteiger partial charge in [-0.05, 0) is 23.6 Å². The van der Waals surface area contributed by atoms with E-state index in [-0.39, 0.29) is 5.95 Å². The molecule has 0 radical (unpaired) electrons. The third-order valence-electron chi connectivity index (χ3n) is 3.14. The number of hydrogen-bond donors (Lipinski definition) is 3. The van der Waals surface area contributed by atoms with Crippen LogP contribution in [0.1, 0.15) is 25.3 Å². The number of aromatic amines is 1. The molecular weight excluding hydrogens is 268 g/mol. The van der Waals surface area contributed by atoms with Crippen LogP contribution in [0.15, 0.2) is 30.5 Å². The van der Waals surface area contributed by atoms with E-state index in [9.17, 15) is 0 Å². The highest BCUT2D eigenvalue weighted by molar-refractivity contribution is 5.80. The van der Waals surface area contributed by atoms with Gasteiger partial charge in [0.1, 0.15) is 11.1 Å². The topological polar surface area (TPSA) is 102 Å². The van der Waals surface area contributed by atoms with Gasteiger partial charge in [-0.1, -0.05) is 26.0 Å². The first kappa shape index (κ1) is 13.3. The molecule has 1 aromatic carbocycles. The number of rotatable bonds is 4. The van der Waals surface area contributed by atoms with Crippen LogP contribution in [0.5, 0.6) is 11.6 Å². The molecule has 21 heavy (non-hydrogen) atoms. The van der Waals surface area contributed by atoms with Crippen molar-refractivity contribution >= 4 is 17.0 Å². The van der Waals surface area contributed by atoms with Gasteiger partial charge < -0.3 is 4.74 Å². The van der Waals surface area contributed by atoms with Gasteiger partial charge in [0.25, 0.3) is 0 Å². The molecular formula is C14H16N6O. The minimum Gasteiger partial charge on any atom is -0.438 e. The first-order valence-electron chi connectivity index (χ1n) is 6.63. The van der Waals surface area contributed by atoms with Gasteiger partial charge in [0, 0.05) is 0 Å². The van der Waals surface area contributed by atoms with Crippen molar-refractivity contribution in [2.45, 2.75) is 19.8 Å². The molecule has 0 saturated heterocycles. The largest absolute Gasteiger partial charge is 0.438 e. The fourth-order valence-corrected chi connectivity index (χ4v) is 2.00. The molecule has 0 saturated carbocycles. The number of nitrogen functional groups attached to an aromatic ring is 1. The molecule has 0 unspecified atom stereocenters. The van der Waals surface area contributed by atoms with Crippen LogP contribution in [0.3, 0.4) is 0 Å². The maximum absolute atomic E-state index is 5.88. The first-order chi connectivity index (χ1) is 10.2. The summed E-state index contributed by atoms with van der Waals surface area (Å²) in [5, 5.41) is 7.42. The Hall–Kier alpha value is -2.67. The molecule has 7 nitrogen and oxygen atoms in total. The number of benzene rings is 1. The van der Waals surface area contributed by atoms with Gasteiger partial charge in [-0.25, -0.2) is 5.84 Å². The van der Waals surface area contributed by atoms with Crippen LogP contribution in [0, 0.1) is 0 Å². The molecule has 108 valence electrons. The Kier molecular flexibility index (Phi) is 3.41. The summed E-state index contributed by atoms with van der Waals surface area (Å²) < 4.78 is 5.88. The third kappa shape index (κ3) is 2.63. The number of nitrogens with one attached hydrogen (secondary N) is 2.